The van der Waals surface area contributed by atoms with Crippen LogP contribution in [0.5, 0.6) is 5.75 Å². The highest BCUT2D eigenvalue weighted by Gasteiger charge is 2.41. The van der Waals surface area contributed by atoms with E-state index >= 15 is 0 Å². The number of rotatable bonds is 40. The average molecular weight is 1350 g/mol. The van der Waals surface area contributed by atoms with E-state index in [-0.39, 0.29) is 113 Å². The van der Waals surface area contributed by atoms with Crippen LogP contribution in [0.1, 0.15) is 96.6 Å². The van der Waals surface area contributed by atoms with Gasteiger partial charge in [0.05, 0.1) is 19.1 Å². The Morgan fingerprint density at radius 3 is 1.62 bits per heavy atom. The van der Waals surface area contributed by atoms with Crippen LogP contribution < -0.4 is 93.7 Å². The molecular formula is C59H95N21O12S2. The van der Waals surface area contributed by atoms with Crippen LogP contribution in [-0.2, 0) is 65.6 Å². The predicted octanol–water partition coefficient (Wildman–Crippen LogP) is -5.55. The van der Waals surface area contributed by atoms with Gasteiger partial charge < -0.3 is 104 Å². The number of carbonyl (C=O) groups excluding carboxylic acids is 11. The molecule has 520 valence electrons. The first-order valence-corrected chi connectivity index (χ1v) is 31.8. The Labute approximate surface area is 557 Å². The van der Waals surface area contributed by atoms with E-state index in [0.717, 1.165) is 0 Å². The number of phenolic OH excluding ortho intramolecular Hbond substituents is 1. The van der Waals surface area contributed by atoms with Crippen LogP contribution in [0.3, 0.4) is 0 Å². The SMILES string of the molecule is CC[C@H](C)[C@H](NC(=O)[C@H](CCCN=C(N)N)NC(=O)[C@H](CCCN=C(N)N)NC(=O)[C@H](NC(=O)[C@H](Cc1ccccc1)NC(=O)CNC(=O)CNC(=O)[C@@H](N)Cc1ccc(O)cc1)C(C)(C)S)C(=O)N[C@@H](CCCN=C(N)N)C(=O)N1CCC[C@H]1C(=O)N[C@H](CS)C(N)=O. The number of hydrogen-bond acceptors (Lipinski definition) is 18. The van der Waals surface area contributed by atoms with Crippen molar-refractivity contribution in [2.24, 2.45) is 66.8 Å². The minimum absolute atomic E-state index is 0.00843. The number of aliphatic imine (C=N–C) groups is 3. The molecule has 0 spiro atoms. The number of guanidine groups is 3. The zero-order valence-corrected chi connectivity index (χ0v) is 55.2. The third-order valence-corrected chi connectivity index (χ3v) is 15.6. The van der Waals surface area contributed by atoms with Crippen LogP contribution in [0.2, 0.25) is 0 Å². The molecule has 1 heterocycles. The first kappa shape index (κ1) is 79.1. The summed E-state index contributed by atoms with van der Waals surface area (Å²) in [5.41, 5.74) is 46.2. The number of thiol groups is 2. The summed E-state index contributed by atoms with van der Waals surface area (Å²) in [6.45, 7) is 5.42. The van der Waals surface area contributed by atoms with Gasteiger partial charge in [0.15, 0.2) is 17.9 Å². The molecule has 35 heteroatoms. The van der Waals surface area contributed by atoms with Crippen molar-refractivity contribution in [3.8, 4) is 5.75 Å². The van der Waals surface area contributed by atoms with Gasteiger partial charge in [-0.3, -0.25) is 67.7 Å². The van der Waals surface area contributed by atoms with Crippen molar-refractivity contribution < 1.29 is 57.8 Å². The molecule has 1 aliphatic rings. The number of nitrogens with zero attached hydrogens (tertiary/aromatic N) is 4. The molecule has 94 heavy (non-hydrogen) atoms. The summed E-state index contributed by atoms with van der Waals surface area (Å²) in [6.07, 6.45) is 0.980. The van der Waals surface area contributed by atoms with E-state index in [1.54, 1.807) is 56.3 Å². The average Bonchev–Trinajstić information content (AvgIpc) is 1.44. The van der Waals surface area contributed by atoms with Crippen molar-refractivity contribution in [1.82, 2.24) is 52.8 Å². The Hall–Kier alpha value is -9.12. The summed E-state index contributed by atoms with van der Waals surface area (Å²) >= 11 is 8.76. The summed E-state index contributed by atoms with van der Waals surface area (Å²) in [7, 11) is 0. The molecule has 10 atom stereocenters. The first-order chi connectivity index (χ1) is 44.3. The molecule has 11 amide bonds. The van der Waals surface area contributed by atoms with Gasteiger partial charge in [-0.05, 0) is 101 Å². The lowest BCUT2D eigenvalue weighted by Crippen LogP contribution is -2.63. The van der Waals surface area contributed by atoms with Crippen molar-refractivity contribution >= 4 is 108 Å². The van der Waals surface area contributed by atoms with E-state index in [9.17, 15) is 57.8 Å². The highest BCUT2D eigenvalue weighted by Crippen LogP contribution is 2.22. The molecule has 0 radical (unpaired) electrons. The van der Waals surface area contributed by atoms with Crippen molar-refractivity contribution in [3.05, 3.63) is 65.7 Å². The van der Waals surface area contributed by atoms with E-state index in [1.807, 2.05) is 0 Å². The molecule has 1 aliphatic heterocycles. The van der Waals surface area contributed by atoms with Crippen LogP contribution in [-0.4, -0.2) is 197 Å². The molecule has 33 nitrogen and oxygen atoms in total. The third-order valence-electron chi connectivity index (χ3n) is 15.0. The van der Waals surface area contributed by atoms with E-state index < -0.39 is 143 Å². The second-order valence-corrected chi connectivity index (χ2v) is 24.6. The van der Waals surface area contributed by atoms with Crippen molar-refractivity contribution in [2.45, 2.75) is 157 Å². The van der Waals surface area contributed by atoms with Gasteiger partial charge in [0.2, 0.25) is 65.0 Å². The number of aromatic hydroxyl groups is 1. The van der Waals surface area contributed by atoms with Crippen molar-refractivity contribution in [3.63, 3.8) is 0 Å². The van der Waals surface area contributed by atoms with Crippen LogP contribution in [0.4, 0.5) is 0 Å². The van der Waals surface area contributed by atoms with E-state index in [4.69, 9.17) is 45.9 Å². The maximum atomic E-state index is 14.7. The minimum atomic E-state index is -1.55. The lowest BCUT2D eigenvalue weighted by Gasteiger charge is -2.33. The molecule has 2 aromatic rings. The predicted molar refractivity (Wildman–Crippen MR) is 360 cm³/mol. The van der Waals surface area contributed by atoms with Gasteiger partial charge >= 0.3 is 0 Å². The number of primary amides is 1. The maximum absolute atomic E-state index is 14.7. The van der Waals surface area contributed by atoms with Gasteiger partial charge in [-0.1, -0.05) is 62.7 Å². The Balaban J connectivity index is 1.92. The summed E-state index contributed by atoms with van der Waals surface area (Å²) in [6, 6.07) is 2.89. The van der Waals surface area contributed by atoms with E-state index in [1.165, 1.54) is 30.9 Å². The molecule has 2 aromatic carbocycles. The number of phenols is 1. The van der Waals surface area contributed by atoms with Gasteiger partial charge in [-0.25, -0.2) is 0 Å². The van der Waals surface area contributed by atoms with E-state index in [2.05, 4.69) is 88.1 Å². The molecule has 26 N–H and O–H groups in total. The van der Waals surface area contributed by atoms with Crippen LogP contribution in [0.15, 0.2) is 69.6 Å². The highest BCUT2D eigenvalue weighted by atomic mass is 32.1. The van der Waals surface area contributed by atoms with Crippen LogP contribution in [0, 0.1) is 5.92 Å². The number of likely N-dealkylation sites (tertiary alicyclic amines) is 1. The molecule has 0 bridgehead atoms. The fourth-order valence-electron chi connectivity index (χ4n) is 9.66. The van der Waals surface area contributed by atoms with Gasteiger partial charge in [0.1, 0.15) is 54.1 Å². The molecule has 0 aromatic heterocycles. The molecule has 0 unspecified atom stereocenters. The lowest BCUT2D eigenvalue weighted by atomic mass is 9.96. The standard InChI is InChI=1S/C59H95N21O12S2/c1-5-32(2)45(53(90)76-39(17-11-25-70-58(66)67)55(92)80-26-12-18-42(80)52(89)77-41(31-93)47(61)84)78-50(87)38(16-10-24-69-57(64)65)74-49(86)37(15-9-23-68-56(62)63)75-54(91)46(59(3,4)94)79-51(88)40(28-33-13-7-6-8-14-33)73-44(83)30-71-43(82)29-72-48(85)36(60)27-34-19-21-35(81)22-20-34/h6-8,13-14,19-22,32,36-42,45-46,81,93-94H,5,9-12,15-18,23-31,60H2,1-4H3,(H2,61,84)(H,71,82)(H,72,85)(H,73,83)(H,74,86)(H,75,91)(H,76,90)(H,77,89)(H,78,87)(H,79,88)(H4,62,63,68)(H4,64,65,69)(H4,66,67,70)/t32-,36-,37-,38-,39-,40-,41+,42-,45-,46-/m0/s1. The molecule has 3 rings (SSSR count). The van der Waals surface area contributed by atoms with Crippen LogP contribution in [0.25, 0.3) is 0 Å². The van der Waals surface area contributed by atoms with Gasteiger partial charge in [-0.2, -0.15) is 25.3 Å². The summed E-state index contributed by atoms with van der Waals surface area (Å²) in [4.78, 5) is 165. The smallest absolute Gasteiger partial charge is 0.245 e. The largest absolute Gasteiger partial charge is 0.508 e. The summed E-state index contributed by atoms with van der Waals surface area (Å²) < 4.78 is -1.40. The summed E-state index contributed by atoms with van der Waals surface area (Å²) in [5.74, 6) is -10.2. The molecule has 1 saturated heterocycles. The first-order valence-electron chi connectivity index (χ1n) is 30.7. The molecular weight excluding hydrogens is 1260 g/mol. The number of hydrogen-bond donors (Lipinski definition) is 20. The third kappa shape index (κ3) is 28.4. The van der Waals surface area contributed by atoms with Gasteiger partial charge in [0.25, 0.3) is 0 Å². The normalized spacial score (nSPS) is 15.6. The number of amides is 11. The van der Waals surface area contributed by atoms with Gasteiger partial charge in [0, 0.05) is 43.1 Å². The summed E-state index contributed by atoms with van der Waals surface area (Å²) in [5, 5.41) is 33.0. The van der Waals surface area contributed by atoms with Crippen molar-refractivity contribution in [2.75, 3.05) is 45.0 Å². The maximum Gasteiger partial charge on any atom is 0.245 e. The Kier molecular flexibility index (Phi) is 33.7. The lowest BCUT2D eigenvalue weighted by molar-refractivity contribution is -0.142. The molecule has 0 saturated carbocycles. The Morgan fingerprint density at radius 1 is 0.596 bits per heavy atom. The zero-order valence-electron chi connectivity index (χ0n) is 53.4. The monoisotopic (exact) mass is 1350 g/mol. The number of benzene rings is 2. The minimum Gasteiger partial charge on any atom is -0.508 e. The number of carbonyl (C=O) groups is 11. The highest BCUT2D eigenvalue weighted by molar-refractivity contribution is 7.81. The zero-order chi connectivity index (χ0) is 70.2. The number of nitrogens with two attached hydrogens (primary N) is 8. The Morgan fingerprint density at radius 2 is 1.10 bits per heavy atom. The fourth-order valence-corrected chi connectivity index (χ4v) is 10.1. The van der Waals surface area contributed by atoms with E-state index in [0.29, 0.717) is 24.0 Å². The topological polar surface area (TPSA) is 565 Å². The second-order valence-electron chi connectivity index (χ2n) is 23.1. The Bertz CT molecular complexity index is 2980. The quantitative estimate of drug-likeness (QED) is 0.0128. The van der Waals surface area contributed by atoms with Gasteiger partial charge in [-0.15, -0.1) is 0 Å². The molecule has 0 aliphatic carbocycles. The fraction of sp³-hybridized carbons (Fsp3) is 0.559. The number of nitrogens with one attached hydrogen (secondary N) is 9. The second kappa shape index (κ2) is 40.1. The molecule has 1 fully saturated rings. The van der Waals surface area contributed by atoms with Crippen molar-refractivity contribution in [1.29, 1.82) is 0 Å². The van der Waals surface area contributed by atoms with Crippen LogP contribution >= 0.6 is 25.3 Å².